The van der Waals surface area contributed by atoms with E-state index in [1.54, 1.807) is 47.3 Å². The molecule has 144 valence electrons. The maximum absolute atomic E-state index is 12.7. The molecule has 1 aliphatic heterocycles. The Balaban J connectivity index is 1.46. The van der Waals surface area contributed by atoms with Crippen LogP contribution in [-0.4, -0.2) is 52.5 Å². The summed E-state index contributed by atoms with van der Waals surface area (Å²) >= 11 is 0. The molecule has 0 atom stereocenters. The van der Waals surface area contributed by atoms with E-state index in [-0.39, 0.29) is 17.5 Å². The molecule has 0 radical (unpaired) electrons. The van der Waals surface area contributed by atoms with E-state index < -0.39 is 0 Å². The van der Waals surface area contributed by atoms with E-state index in [0.29, 0.717) is 48.4 Å². The summed E-state index contributed by atoms with van der Waals surface area (Å²) in [6, 6.07) is 10.2. The Morgan fingerprint density at radius 2 is 1.64 bits per heavy atom. The minimum Gasteiger partial charge on any atom is -0.459 e. The Morgan fingerprint density at radius 1 is 0.964 bits per heavy atom. The molecular weight excluding hydrogens is 360 g/mol. The molecule has 0 spiro atoms. The van der Waals surface area contributed by atoms with Crippen molar-refractivity contribution in [3.63, 3.8) is 0 Å². The van der Waals surface area contributed by atoms with Crippen molar-refractivity contribution in [3.05, 3.63) is 65.0 Å². The van der Waals surface area contributed by atoms with E-state index in [1.165, 1.54) is 10.8 Å². The monoisotopic (exact) mass is 380 g/mol. The topological polar surface area (TPSA) is 87.8 Å². The van der Waals surface area contributed by atoms with Crippen molar-refractivity contribution in [1.82, 2.24) is 14.4 Å². The van der Waals surface area contributed by atoms with E-state index in [4.69, 9.17) is 4.42 Å². The van der Waals surface area contributed by atoms with E-state index in [9.17, 15) is 14.4 Å². The number of anilines is 1. The molecule has 1 aromatic carbocycles. The number of hydrogen-bond donors (Lipinski definition) is 1. The van der Waals surface area contributed by atoms with Gasteiger partial charge in [-0.25, -0.2) is 4.79 Å². The van der Waals surface area contributed by atoms with Crippen molar-refractivity contribution in [2.45, 2.75) is 0 Å². The van der Waals surface area contributed by atoms with E-state index >= 15 is 0 Å². The third-order valence-corrected chi connectivity index (χ3v) is 4.92. The number of benzene rings is 1. The van der Waals surface area contributed by atoms with Gasteiger partial charge in [-0.1, -0.05) is 18.2 Å². The zero-order valence-corrected chi connectivity index (χ0v) is 15.4. The summed E-state index contributed by atoms with van der Waals surface area (Å²) in [5.41, 5.74) is 0.468. The molecule has 8 heteroatoms. The number of rotatable bonds is 2. The predicted molar refractivity (Wildman–Crippen MR) is 104 cm³/mol. The molecule has 1 aliphatic rings. The van der Waals surface area contributed by atoms with Crippen LogP contribution in [0.4, 0.5) is 10.5 Å². The lowest BCUT2D eigenvalue weighted by Gasteiger charge is -2.34. The van der Waals surface area contributed by atoms with Crippen molar-refractivity contribution in [1.29, 1.82) is 0 Å². The fourth-order valence-electron chi connectivity index (χ4n) is 3.38. The normalized spacial score (nSPS) is 14.3. The highest BCUT2D eigenvalue weighted by Gasteiger charge is 2.26. The van der Waals surface area contributed by atoms with Crippen LogP contribution in [-0.2, 0) is 7.05 Å². The zero-order valence-electron chi connectivity index (χ0n) is 15.4. The van der Waals surface area contributed by atoms with Crippen molar-refractivity contribution >= 4 is 28.4 Å². The van der Waals surface area contributed by atoms with Crippen molar-refractivity contribution < 1.29 is 14.0 Å². The number of carbonyl (C=O) groups is 2. The second kappa shape index (κ2) is 7.22. The summed E-state index contributed by atoms with van der Waals surface area (Å²) in [4.78, 5) is 40.6. The number of aryl methyl sites for hydroxylation is 1. The summed E-state index contributed by atoms with van der Waals surface area (Å²) in [6.45, 7) is 1.70. The maximum atomic E-state index is 12.7. The van der Waals surface area contributed by atoms with E-state index in [1.807, 2.05) is 12.1 Å². The minimum absolute atomic E-state index is 0.112. The number of urea groups is 1. The fraction of sp³-hybridized carbons (Fsp3) is 0.250. The number of carbonyl (C=O) groups excluding carboxylic acids is 2. The summed E-state index contributed by atoms with van der Waals surface area (Å²) in [5.74, 6) is 0.128. The molecule has 28 heavy (non-hydrogen) atoms. The van der Waals surface area contributed by atoms with Gasteiger partial charge in [-0.3, -0.25) is 9.59 Å². The molecule has 3 heterocycles. The largest absolute Gasteiger partial charge is 0.459 e. The van der Waals surface area contributed by atoms with Gasteiger partial charge in [0.1, 0.15) is 0 Å². The Kier molecular flexibility index (Phi) is 4.60. The van der Waals surface area contributed by atoms with Crippen molar-refractivity contribution in [2.24, 2.45) is 7.05 Å². The molecule has 1 fully saturated rings. The fourth-order valence-corrected chi connectivity index (χ4v) is 3.38. The SMILES string of the molecule is Cn1cc(NC(=O)N2CCN(C(=O)c3ccco3)CC2)c2ccccc2c1=O. The minimum atomic E-state index is -0.256. The molecule has 8 nitrogen and oxygen atoms in total. The standard InChI is InChI=1S/C20H20N4O4/c1-22-13-16(14-5-2-3-6-15(14)18(22)25)21-20(27)24-10-8-23(9-11-24)19(26)17-7-4-12-28-17/h2-7,12-13H,8-11H2,1H3,(H,21,27). The van der Waals surface area contributed by atoms with Crippen molar-refractivity contribution in [2.75, 3.05) is 31.5 Å². The lowest BCUT2D eigenvalue weighted by molar-refractivity contribution is 0.0640. The molecule has 0 saturated carbocycles. The highest BCUT2D eigenvalue weighted by Crippen LogP contribution is 2.21. The van der Waals surface area contributed by atoms with Gasteiger partial charge < -0.3 is 24.1 Å². The van der Waals surface area contributed by atoms with Gasteiger partial charge >= 0.3 is 6.03 Å². The first-order chi connectivity index (χ1) is 13.5. The quantitative estimate of drug-likeness (QED) is 0.738. The molecule has 2 aromatic heterocycles. The van der Waals surface area contributed by atoms with Gasteiger partial charge in [0, 0.05) is 50.2 Å². The van der Waals surface area contributed by atoms with Crippen LogP contribution in [0.5, 0.6) is 0 Å². The number of hydrogen-bond acceptors (Lipinski definition) is 4. The number of aromatic nitrogens is 1. The van der Waals surface area contributed by atoms with Gasteiger partial charge in [-0.2, -0.15) is 0 Å². The van der Waals surface area contributed by atoms with Crippen LogP contribution in [0.25, 0.3) is 10.8 Å². The molecule has 4 rings (SSSR count). The first kappa shape index (κ1) is 17.8. The highest BCUT2D eigenvalue weighted by molar-refractivity contribution is 6.01. The van der Waals surface area contributed by atoms with Crippen molar-refractivity contribution in [3.8, 4) is 0 Å². The van der Waals surface area contributed by atoms with Gasteiger partial charge in [-0.05, 0) is 18.2 Å². The summed E-state index contributed by atoms with van der Waals surface area (Å²) in [7, 11) is 1.66. The van der Waals surface area contributed by atoms with Gasteiger partial charge in [0.05, 0.1) is 12.0 Å². The van der Waals surface area contributed by atoms with Crippen LogP contribution >= 0.6 is 0 Å². The molecule has 0 unspecified atom stereocenters. The number of piperazine rings is 1. The lowest BCUT2D eigenvalue weighted by Crippen LogP contribution is -2.51. The highest BCUT2D eigenvalue weighted by atomic mass is 16.3. The number of nitrogens with zero attached hydrogens (tertiary/aromatic N) is 3. The van der Waals surface area contributed by atoms with Crippen LogP contribution in [0.2, 0.25) is 0 Å². The van der Waals surface area contributed by atoms with Gasteiger partial charge in [0.15, 0.2) is 5.76 Å². The second-order valence-electron chi connectivity index (χ2n) is 6.69. The van der Waals surface area contributed by atoms with Gasteiger partial charge in [-0.15, -0.1) is 0 Å². The van der Waals surface area contributed by atoms with Crippen LogP contribution in [0, 0.1) is 0 Å². The summed E-state index contributed by atoms with van der Waals surface area (Å²) in [5, 5.41) is 4.15. The van der Waals surface area contributed by atoms with E-state index in [0.717, 1.165) is 0 Å². The Bertz CT molecular complexity index is 1080. The molecule has 3 aromatic rings. The number of furan rings is 1. The second-order valence-corrected chi connectivity index (χ2v) is 6.69. The Labute approximate surface area is 160 Å². The third-order valence-electron chi connectivity index (χ3n) is 4.92. The average molecular weight is 380 g/mol. The smallest absolute Gasteiger partial charge is 0.322 e. The molecular formula is C20H20N4O4. The number of nitrogens with one attached hydrogen (secondary N) is 1. The molecule has 0 bridgehead atoms. The van der Waals surface area contributed by atoms with Crippen LogP contribution in [0.15, 0.2) is 58.1 Å². The Morgan fingerprint density at radius 3 is 2.32 bits per heavy atom. The van der Waals surface area contributed by atoms with Crippen LogP contribution < -0.4 is 10.9 Å². The first-order valence-electron chi connectivity index (χ1n) is 9.01. The average Bonchev–Trinajstić information content (AvgIpc) is 3.26. The zero-order chi connectivity index (χ0) is 19.7. The lowest BCUT2D eigenvalue weighted by atomic mass is 10.1. The van der Waals surface area contributed by atoms with E-state index in [2.05, 4.69) is 5.32 Å². The summed E-state index contributed by atoms with van der Waals surface area (Å²) < 4.78 is 6.61. The van der Waals surface area contributed by atoms with Crippen LogP contribution in [0.1, 0.15) is 10.6 Å². The molecule has 3 amide bonds. The molecule has 1 N–H and O–H groups in total. The Hall–Kier alpha value is -3.55. The molecule has 1 saturated heterocycles. The van der Waals surface area contributed by atoms with Crippen LogP contribution in [0.3, 0.4) is 0 Å². The third kappa shape index (κ3) is 3.24. The molecule has 0 aliphatic carbocycles. The summed E-state index contributed by atoms with van der Waals surface area (Å²) in [6.07, 6.45) is 3.09. The number of fused-ring (bicyclic) bond motifs is 1. The van der Waals surface area contributed by atoms with Gasteiger partial charge in [0.25, 0.3) is 11.5 Å². The number of pyridine rings is 1. The number of amides is 3. The maximum Gasteiger partial charge on any atom is 0.322 e. The predicted octanol–water partition coefficient (Wildman–Crippen LogP) is 2.12. The first-order valence-corrected chi connectivity index (χ1v) is 9.01. The van der Waals surface area contributed by atoms with Gasteiger partial charge in [0.2, 0.25) is 0 Å².